The third-order valence-electron chi connectivity index (χ3n) is 3.49. The number of anilines is 1. The molecular weight excluding hydrogens is 294 g/mol. The second kappa shape index (κ2) is 5.85. The Labute approximate surface area is 134 Å². The summed E-state index contributed by atoms with van der Waals surface area (Å²) < 4.78 is 7.14. The molecule has 0 saturated heterocycles. The van der Waals surface area contributed by atoms with Gasteiger partial charge in [-0.3, -0.25) is 0 Å². The molecule has 0 fully saturated rings. The Bertz CT molecular complexity index is 789. The van der Waals surface area contributed by atoms with Crippen LogP contribution in [0.3, 0.4) is 0 Å². The van der Waals surface area contributed by atoms with Crippen LogP contribution in [0.1, 0.15) is 24.1 Å². The molecule has 0 aliphatic heterocycles. The van der Waals surface area contributed by atoms with Gasteiger partial charge in [0.1, 0.15) is 22.9 Å². The quantitative estimate of drug-likeness (QED) is 0.750. The number of hydrogen-bond acceptors (Lipinski definition) is 6. The molecule has 3 aromatic heterocycles. The van der Waals surface area contributed by atoms with Crippen LogP contribution in [0.25, 0.3) is 5.82 Å². The zero-order valence-corrected chi connectivity index (χ0v) is 13.3. The van der Waals surface area contributed by atoms with Crippen molar-refractivity contribution >= 4 is 5.82 Å². The molecule has 0 bridgehead atoms. The molecule has 0 spiro atoms. The summed E-state index contributed by atoms with van der Waals surface area (Å²) in [5.41, 5.74) is -0.216. The minimum absolute atomic E-state index is 0.259. The van der Waals surface area contributed by atoms with Crippen LogP contribution in [0.15, 0.2) is 40.9 Å². The number of nitrogens with one attached hydrogen (secondary N) is 1. The van der Waals surface area contributed by atoms with Crippen molar-refractivity contribution in [3.63, 3.8) is 0 Å². The molecule has 1 unspecified atom stereocenters. The summed E-state index contributed by atoms with van der Waals surface area (Å²) in [6, 6.07) is 9.10. The number of aliphatic hydroxyl groups is 1. The fourth-order valence-electron chi connectivity index (χ4n) is 2.16. The van der Waals surface area contributed by atoms with Gasteiger partial charge in [-0.05, 0) is 51.1 Å². The number of furan rings is 1. The number of rotatable bonds is 5. The monoisotopic (exact) mass is 313 g/mol. The Hall–Kier alpha value is -2.67. The van der Waals surface area contributed by atoms with Crippen molar-refractivity contribution in [2.45, 2.75) is 26.4 Å². The molecule has 0 amide bonds. The van der Waals surface area contributed by atoms with Crippen molar-refractivity contribution < 1.29 is 9.52 Å². The van der Waals surface area contributed by atoms with Crippen molar-refractivity contribution in [2.24, 2.45) is 0 Å². The summed E-state index contributed by atoms with van der Waals surface area (Å²) >= 11 is 0. The second-order valence-corrected chi connectivity index (χ2v) is 5.72. The fourth-order valence-corrected chi connectivity index (χ4v) is 2.16. The zero-order chi connectivity index (χ0) is 16.4. The van der Waals surface area contributed by atoms with E-state index < -0.39 is 5.60 Å². The third-order valence-corrected chi connectivity index (χ3v) is 3.49. The van der Waals surface area contributed by atoms with Crippen LogP contribution in [-0.4, -0.2) is 31.6 Å². The first-order valence-corrected chi connectivity index (χ1v) is 7.33. The molecule has 120 valence electrons. The van der Waals surface area contributed by atoms with E-state index in [1.807, 2.05) is 38.2 Å². The van der Waals surface area contributed by atoms with Crippen LogP contribution < -0.4 is 5.32 Å². The molecule has 7 heteroatoms. The van der Waals surface area contributed by atoms with E-state index in [0.29, 0.717) is 17.4 Å². The zero-order valence-electron chi connectivity index (χ0n) is 13.3. The lowest BCUT2D eigenvalue weighted by molar-refractivity contribution is 0.0467. The normalized spacial score (nSPS) is 13.7. The lowest BCUT2D eigenvalue weighted by atomic mass is 10.0. The maximum Gasteiger partial charge on any atom is 0.175 e. The smallest absolute Gasteiger partial charge is 0.175 e. The summed E-state index contributed by atoms with van der Waals surface area (Å²) in [6.45, 7) is 5.70. The van der Waals surface area contributed by atoms with E-state index in [2.05, 4.69) is 20.6 Å². The molecule has 3 aromatic rings. The molecule has 3 heterocycles. The molecule has 2 N–H and O–H groups in total. The van der Waals surface area contributed by atoms with Gasteiger partial charge < -0.3 is 14.8 Å². The highest BCUT2D eigenvalue weighted by molar-refractivity contribution is 5.37. The van der Waals surface area contributed by atoms with Gasteiger partial charge in [0.15, 0.2) is 5.82 Å². The highest BCUT2D eigenvalue weighted by atomic mass is 16.4. The van der Waals surface area contributed by atoms with E-state index in [4.69, 9.17) is 4.42 Å². The third kappa shape index (κ3) is 3.40. The molecule has 0 aromatic carbocycles. The molecular formula is C16H19N5O2. The summed E-state index contributed by atoms with van der Waals surface area (Å²) in [4.78, 5) is 0. The van der Waals surface area contributed by atoms with Gasteiger partial charge in [-0.25, -0.2) is 4.68 Å². The lowest BCUT2D eigenvalue weighted by Gasteiger charge is -2.21. The fraction of sp³-hybridized carbons (Fsp3) is 0.312. The van der Waals surface area contributed by atoms with E-state index in [-0.39, 0.29) is 6.54 Å². The van der Waals surface area contributed by atoms with Crippen LogP contribution in [0, 0.1) is 13.8 Å². The highest BCUT2D eigenvalue weighted by Crippen LogP contribution is 2.23. The van der Waals surface area contributed by atoms with Crippen LogP contribution >= 0.6 is 0 Å². The lowest BCUT2D eigenvalue weighted by Crippen LogP contribution is -2.30. The number of aryl methyl sites for hydroxylation is 2. The Morgan fingerprint density at radius 3 is 2.57 bits per heavy atom. The molecule has 0 aliphatic carbocycles. The Kier molecular flexibility index (Phi) is 3.87. The van der Waals surface area contributed by atoms with Gasteiger partial charge in [-0.2, -0.15) is 5.10 Å². The standard InChI is InChI=1S/C16H19N5O2/c1-11-8-9-21(20-11)15-7-6-14(18-19-15)17-10-16(3,22)13-5-4-12(2)23-13/h4-9,22H,10H2,1-3H3,(H,17,18). The minimum atomic E-state index is -1.13. The largest absolute Gasteiger partial charge is 0.463 e. The molecule has 23 heavy (non-hydrogen) atoms. The van der Waals surface area contributed by atoms with E-state index in [1.54, 1.807) is 23.7 Å². The predicted molar refractivity (Wildman–Crippen MR) is 85.4 cm³/mol. The summed E-state index contributed by atoms with van der Waals surface area (Å²) in [6.07, 6.45) is 1.83. The van der Waals surface area contributed by atoms with Crippen molar-refractivity contribution in [3.8, 4) is 5.82 Å². The van der Waals surface area contributed by atoms with Gasteiger partial charge in [0.05, 0.1) is 12.2 Å². The van der Waals surface area contributed by atoms with E-state index in [0.717, 1.165) is 11.5 Å². The molecule has 1 atom stereocenters. The maximum atomic E-state index is 10.5. The van der Waals surface area contributed by atoms with Crippen molar-refractivity contribution in [1.82, 2.24) is 20.0 Å². The first kappa shape index (κ1) is 15.2. The molecule has 0 aliphatic rings. The average molecular weight is 313 g/mol. The summed E-state index contributed by atoms with van der Waals surface area (Å²) in [7, 11) is 0. The summed E-state index contributed by atoms with van der Waals surface area (Å²) in [5, 5.41) is 26.0. The topological polar surface area (TPSA) is 89.0 Å². The van der Waals surface area contributed by atoms with Gasteiger partial charge in [0.2, 0.25) is 0 Å². The van der Waals surface area contributed by atoms with Gasteiger partial charge in [-0.15, -0.1) is 10.2 Å². The maximum absolute atomic E-state index is 10.5. The number of aromatic nitrogens is 4. The van der Waals surface area contributed by atoms with E-state index >= 15 is 0 Å². The van der Waals surface area contributed by atoms with Gasteiger partial charge >= 0.3 is 0 Å². The Morgan fingerprint density at radius 1 is 1.17 bits per heavy atom. The van der Waals surface area contributed by atoms with Gasteiger partial charge in [0.25, 0.3) is 0 Å². The second-order valence-electron chi connectivity index (χ2n) is 5.72. The average Bonchev–Trinajstić information content (AvgIpc) is 3.15. The van der Waals surface area contributed by atoms with E-state index in [1.165, 1.54) is 0 Å². The summed E-state index contributed by atoms with van der Waals surface area (Å²) in [5.74, 6) is 2.48. The molecule has 3 rings (SSSR count). The van der Waals surface area contributed by atoms with Crippen molar-refractivity contribution in [2.75, 3.05) is 11.9 Å². The molecule has 7 nitrogen and oxygen atoms in total. The first-order chi connectivity index (χ1) is 10.9. The first-order valence-electron chi connectivity index (χ1n) is 7.33. The van der Waals surface area contributed by atoms with Crippen molar-refractivity contribution in [1.29, 1.82) is 0 Å². The molecule has 0 saturated carbocycles. The number of hydrogen-bond donors (Lipinski definition) is 2. The van der Waals surface area contributed by atoms with Crippen LogP contribution in [-0.2, 0) is 5.60 Å². The van der Waals surface area contributed by atoms with Gasteiger partial charge in [-0.1, -0.05) is 0 Å². The highest BCUT2D eigenvalue weighted by Gasteiger charge is 2.26. The van der Waals surface area contributed by atoms with Crippen LogP contribution in [0.2, 0.25) is 0 Å². The predicted octanol–water partition coefficient (Wildman–Crippen LogP) is 2.19. The molecule has 0 radical (unpaired) electrons. The van der Waals surface area contributed by atoms with E-state index in [9.17, 15) is 5.11 Å². The van der Waals surface area contributed by atoms with Gasteiger partial charge in [0, 0.05) is 6.20 Å². The van der Waals surface area contributed by atoms with Crippen LogP contribution in [0.4, 0.5) is 5.82 Å². The number of nitrogens with zero attached hydrogens (tertiary/aromatic N) is 4. The van der Waals surface area contributed by atoms with Crippen LogP contribution in [0.5, 0.6) is 0 Å². The van der Waals surface area contributed by atoms with Crippen molar-refractivity contribution in [3.05, 3.63) is 53.7 Å². The Morgan fingerprint density at radius 2 is 2.00 bits per heavy atom. The minimum Gasteiger partial charge on any atom is -0.463 e. The Balaban J connectivity index is 1.66. The SMILES string of the molecule is Cc1ccn(-c2ccc(NCC(C)(O)c3ccc(C)o3)nn2)n1.